The minimum atomic E-state index is -3.52. The number of imide groups is 1. The summed E-state index contributed by atoms with van der Waals surface area (Å²) < 4.78 is 32.6. The maximum Gasteiger partial charge on any atom is 0.417 e. The number of nitrogen functional groups attached to an aromatic ring is 1. The van der Waals surface area contributed by atoms with Crippen LogP contribution in [0.1, 0.15) is 98.2 Å². The number of ether oxygens (including phenoxy) is 1. The number of nitrogens with two attached hydrogens (primary N) is 1. The van der Waals surface area contributed by atoms with Gasteiger partial charge in [0.15, 0.2) is 5.82 Å². The summed E-state index contributed by atoms with van der Waals surface area (Å²) in [5, 5.41) is 9.79. The summed E-state index contributed by atoms with van der Waals surface area (Å²) in [5.74, 6) is -0.299. The van der Waals surface area contributed by atoms with Crippen LogP contribution in [-0.4, -0.2) is 111 Å². The standard InChI is InChI=1S/C21H20N6O3S.C13H15ClN2O3.C9H10N2O.C8H9ClN2.CH3Cl/c22-20-19(17-9-13-7-8-23-21(28)16(13)10-24-17)26-18(11-25-20)12-1-5-15(6-2-12)31(29,30)27-14-3-4-14;1-13(2,3)19-12(18)16-5-4-8-6-10(14)15-7-9(8)11(16)17;1-6-4-7-2-3-10-9(12)8(7)5-11-6;9-8-3-6-1-2-10-4-7(6)5-11-8;1-2/h1-2,5-6,9-11,14,27H,3-4,7-8H2,(H2,22,25)(H,23,28);6-7H,4-5H2,1-3H3;4-5H,2-3H2,1H3,(H,10,12);3,5,10H,1-2,4H2;1H3. The number of anilines is 1. The molecule has 11 rings (SSSR count). The Balaban J connectivity index is 0.000000158. The molecule has 1 aromatic carbocycles. The molecule has 1 saturated carbocycles. The summed E-state index contributed by atoms with van der Waals surface area (Å²) >= 11 is 16.2. The van der Waals surface area contributed by atoms with E-state index in [9.17, 15) is 27.6 Å². The van der Waals surface area contributed by atoms with Crippen molar-refractivity contribution in [3.63, 3.8) is 0 Å². The van der Waals surface area contributed by atoms with Gasteiger partial charge in [-0.25, -0.2) is 42.8 Å². The summed E-state index contributed by atoms with van der Waals surface area (Å²) in [4.78, 5) is 73.8. The van der Waals surface area contributed by atoms with Crippen LogP contribution in [0.3, 0.4) is 0 Å². The third kappa shape index (κ3) is 14.8. The van der Waals surface area contributed by atoms with Gasteiger partial charge in [-0.15, -0.1) is 11.6 Å². The van der Waals surface area contributed by atoms with Gasteiger partial charge >= 0.3 is 6.09 Å². The Morgan fingerprint density at radius 2 is 1.31 bits per heavy atom. The summed E-state index contributed by atoms with van der Waals surface area (Å²) in [6.07, 6.45) is 13.8. The number of halogens is 3. The molecule has 0 radical (unpaired) electrons. The van der Waals surface area contributed by atoms with Crippen molar-refractivity contribution in [3.05, 3.63) is 140 Å². The summed E-state index contributed by atoms with van der Waals surface area (Å²) in [7, 11) is -3.52. The van der Waals surface area contributed by atoms with E-state index < -0.39 is 21.7 Å². The Labute approximate surface area is 450 Å². The normalized spacial score (nSPS) is 15.3. The number of hydrogen-bond donors (Lipinski definition) is 5. The molecule has 6 aromatic rings. The van der Waals surface area contributed by atoms with Gasteiger partial charge in [-0.3, -0.25) is 24.4 Å². The van der Waals surface area contributed by atoms with Crippen molar-refractivity contribution < 1.29 is 32.3 Å². The maximum absolute atomic E-state index is 12.4. The molecule has 9 heterocycles. The fraction of sp³-hybridized carbons (Fsp3) is 0.346. The van der Waals surface area contributed by atoms with E-state index in [-0.39, 0.29) is 34.5 Å². The van der Waals surface area contributed by atoms with Crippen LogP contribution in [0.4, 0.5) is 10.6 Å². The molecule has 5 aromatic heterocycles. The maximum atomic E-state index is 12.4. The highest BCUT2D eigenvalue weighted by atomic mass is 35.5. The molecule has 1 aliphatic carbocycles. The van der Waals surface area contributed by atoms with Gasteiger partial charge in [0, 0.05) is 74.6 Å². The summed E-state index contributed by atoms with van der Waals surface area (Å²) in [5.41, 5.74) is 15.7. The molecule has 1 fully saturated rings. The monoisotopic (exact) mass is 1100 g/mol. The quantitative estimate of drug-likeness (QED) is 0.0852. The Morgan fingerprint density at radius 3 is 1.96 bits per heavy atom. The Hall–Kier alpha value is -6.68. The second-order valence-corrected chi connectivity index (χ2v) is 21.2. The number of fused-ring (bicyclic) bond motifs is 4. The lowest BCUT2D eigenvalue weighted by atomic mass is 10.0. The number of amides is 4. The van der Waals surface area contributed by atoms with Gasteiger partial charge in [0.1, 0.15) is 21.6 Å². The molecule has 394 valence electrons. The molecular formula is C52H57Cl3N12O7S. The molecule has 4 amide bonds. The number of sulfonamides is 1. The molecule has 6 N–H and O–H groups in total. The van der Waals surface area contributed by atoms with Crippen molar-refractivity contribution in [2.24, 2.45) is 0 Å². The first kappa shape index (κ1) is 56.1. The Kier molecular flexibility index (Phi) is 18.5. The third-order valence-electron chi connectivity index (χ3n) is 12.0. The van der Waals surface area contributed by atoms with Crippen molar-refractivity contribution in [2.45, 2.75) is 89.3 Å². The molecule has 0 saturated heterocycles. The fourth-order valence-electron chi connectivity index (χ4n) is 8.07. The Bertz CT molecular complexity index is 3210. The number of nitrogens with one attached hydrogen (secondary N) is 4. The molecule has 75 heavy (non-hydrogen) atoms. The number of hydrogen-bond acceptors (Lipinski definition) is 15. The molecule has 19 nitrogen and oxygen atoms in total. The first-order valence-corrected chi connectivity index (χ1v) is 27.0. The van der Waals surface area contributed by atoms with Crippen LogP contribution in [-0.2, 0) is 47.0 Å². The second-order valence-electron chi connectivity index (χ2n) is 18.7. The third-order valence-corrected chi connectivity index (χ3v) is 13.9. The number of carbonyl (C=O) groups is 4. The molecule has 0 bridgehead atoms. The van der Waals surface area contributed by atoms with Gasteiger partial charge in [0.05, 0.1) is 39.2 Å². The van der Waals surface area contributed by atoms with Gasteiger partial charge in [0.2, 0.25) is 10.0 Å². The minimum absolute atomic E-state index is 0.00347. The van der Waals surface area contributed by atoms with Crippen LogP contribution in [0.2, 0.25) is 10.3 Å². The highest BCUT2D eigenvalue weighted by Crippen LogP contribution is 2.29. The topological polar surface area (TPSA) is 266 Å². The van der Waals surface area contributed by atoms with E-state index in [4.69, 9.17) is 33.7 Å². The number of rotatable bonds is 5. The molecule has 5 aliphatic rings. The van der Waals surface area contributed by atoms with E-state index >= 15 is 0 Å². The first-order chi connectivity index (χ1) is 35.8. The number of nitrogens with zero attached hydrogens (tertiary/aromatic N) is 7. The number of pyridine rings is 4. The van der Waals surface area contributed by atoms with E-state index in [0.717, 1.165) is 78.2 Å². The molecule has 0 spiro atoms. The highest BCUT2D eigenvalue weighted by Gasteiger charge is 2.33. The van der Waals surface area contributed by atoms with E-state index in [1.165, 1.54) is 36.1 Å². The van der Waals surface area contributed by atoms with Crippen molar-refractivity contribution in [1.29, 1.82) is 0 Å². The van der Waals surface area contributed by atoms with Crippen molar-refractivity contribution >= 4 is 74.5 Å². The number of aromatic nitrogens is 6. The van der Waals surface area contributed by atoms with Gasteiger partial charge in [-0.05, 0) is 137 Å². The first-order valence-electron chi connectivity index (χ1n) is 24.0. The SMILES string of the molecule is CC(C)(C)OC(=O)N1CCc2cc(Cl)ncc2C1=O.CCl.Cc1cc2c(cn1)C(=O)NCC2.Clc1cc2c(cn1)CNCC2.Nc1ncc(-c2ccc(S(=O)(=O)NC3CC3)cc2)nc1-c1cc2c(cn1)C(=O)NCC2. The van der Waals surface area contributed by atoms with Gasteiger partial charge in [0.25, 0.3) is 17.7 Å². The number of benzene rings is 1. The van der Waals surface area contributed by atoms with Crippen molar-refractivity contribution in [1.82, 2.24) is 55.5 Å². The lowest BCUT2D eigenvalue weighted by Crippen LogP contribution is -2.44. The van der Waals surface area contributed by atoms with Gasteiger partial charge < -0.3 is 26.4 Å². The summed E-state index contributed by atoms with van der Waals surface area (Å²) in [6, 6.07) is 13.9. The van der Waals surface area contributed by atoms with Crippen LogP contribution < -0.4 is 26.4 Å². The summed E-state index contributed by atoms with van der Waals surface area (Å²) in [6.45, 7) is 10.8. The highest BCUT2D eigenvalue weighted by molar-refractivity contribution is 7.89. The number of aryl methyl sites for hydroxylation is 1. The minimum Gasteiger partial charge on any atom is -0.443 e. The molecular weight excluding hydrogens is 1040 g/mol. The average Bonchev–Trinajstić information content (AvgIpc) is 4.21. The van der Waals surface area contributed by atoms with E-state index in [1.54, 1.807) is 57.3 Å². The van der Waals surface area contributed by atoms with Gasteiger partial charge in [-0.1, -0.05) is 35.3 Å². The van der Waals surface area contributed by atoms with Crippen molar-refractivity contribution in [3.8, 4) is 22.6 Å². The zero-order valence-corrected chi connectivity index (χ0v) is 45.1. The van der Waals surface area contributed by atoms with Crippen LogP contribution in [0.25, 0.3) is 22.6 Å². The van der Waals surface area contributed by atoms with Crippen molar-refractivity contribution in [2.75, 3.05) is 38.3 Å². The van der Waals surface area contributed by atoms with E-state index in [2.05, 4.69) is 62.2 Å². The predicted molar refractivity (Wildman–Crippen MR) is 286 cm³/mol. The van der Waals surface area contributed by atoms with Crippen LogP contribution in [0, 0.1) is 6.92 Å². The lowest BCUT2D eigenvalue weighted by Gasteiger charge is -2.29. The molecule has 0 unspecified atom stereocenters. The van der Waals surface area contributed by atoms with Crippen LogP contribution >= 0.6 is 34.8 Å². The lowest BCUT2D eigenvalue weighted by molar-refractivity contribution is 0.0233. The number of carbonyl (C=O) groups excluding carboxylic acids is 4. The van der Waals surface area contributed by atoms with E-state index in [1.807, 2.05) is 31.3 Å². The molecule has 0 atom stereocenters. The smallest absolute Gasteiger partial charge is 0.417 e. The molecule has 23 heteroatoms. The second kappa shape index (κ2) is 24.8. The fourth-order valence-corrected chi connectivity index (χ4v) is 9.73. The largest absolute Gasteiger partial charge is 0.443 e. The Morgan fingerprint density at radius 1 is 0.720 bits per heavy atom. The number of alkyl halides is 1. The zero-order valence-electron chi connectivity index (χ0n) is 42.0. The van der Waals surface area contributed by atoms with E-state index in [0.29, 0.717) is 70.0 Å². The zero-order chi connectivity index (χ0) is 54.0. The predicted octanol–water partition coefficient (Wildman–Crippen LogP) is 7.09. The van der Waals surface area contributed by atoms with Crippen LogP contribution in [0.5, 0.6) is 0 Å². The molecule has 4 aliphatic heterocycles. The van der Waals surface area contributed by atoms with Crippen LogP contribution in [0.15, 0.2) is 84.4 Å². The van der Waals surface area contributed by atoms with Gasteiger partial charge in [-0.2, -0.15) is 0 Å². The average molecular weight is 1100 g/mol.